The zero-order valence-corrected chi connectivity index (χ0v) is 13.5. The van der Waals surface area contributed by atoms with Crippen LogP contribution in [0.25, 0.3) is 0 Å². The van der Waals surface area contributed by atoms with Crippen molar-refractivity contribution in [3.8, 4) is 0 Å². The van der Waals surface area contributed by atoms with Crippen molar-refractivity contribution in [3.63, 3.8) is 0 Å². The Labute approximate surface area is 104 Å². The van der Waals surface area contributed by atoms with Crippen molar-refractivity contribution in [2.45, 2.75) is 87.9 Å². The van der Waals surface area contributed by atoms with Gasteiger partial charge in [-0.2, -0.15) is 0 Å². The van der Waals surface area contributed by atoms with Gasteiger partial charge in [0.1, 0.15) is 0 Å². The quantitative estimate of drug-likeness (QED) is 0.500. The fourth-order valence-corrected chi connectivity index (χ4v) is 12.2. The molecule has 0 amide bonds. The molecule has 0 aromatic rings. The van der Waals surface area contributed by atoms with Gasteiger partial charge in [-0.25, -0.2) is 0 Å². The maximum absolute atomic E-state index is 2.72. The highest BCUT2D eigenvalue weighted by atomic mass is 28.3. The monoisotopic (exact) mass is 254 g/mol. The Balaban J connectivity index is 2.08. The molecule has 3 aliphatic rings. The summed E-state index contributed by atoms with van der Waals surface area (Å²) >= 11 is 0. The Morgan fingerprint density at radius 1 is 0.438 bits per heavy atom. The molecule has 3 rings (SSSR count). The smallest absolute Gasteiger partial charge is 0.0504 e. The van der Waals surface area contributed by atoms with Crippen molar-refractivity contribution in [1.82, 2.24) is 0 Å². The van der Waals surface area contributed by atoms with Crippen LogP contribution in [0.2, 0.25) is 49.4 Å². The van der Waals surface area contributed by atoms with Crippen molar-refractivity contribution in [3.05, 3.63) is 0 Å². The first-order valence-corrected chi connectivity index (χ1v) is 13.9. The molecule has 2 bridgehead atoms. The number of rotatable bonds is 0. The summed E-state index contributed by atoms with van der Waals surface area (Å²) in [4.78, 5) is 0. The van der Waals surface area contributed by atoms with Crippen molar-refractivity contribution >= 4 is 16.1 Å². The van der Waals surface area contributed by atoms with Gasteiger partial charge in [-0.05, 0) is 0 Å². The summed E-state index contributed by atoms with van der Waals surface area (Å²) in [5.74, 6) is 0. The minimum Gasteiger partial charge on any atom is -0.0691 e. The average molecular weight is 255 g/mol. The Morgan fingerprint density at radius 3 is 0.812 bits per heavy atom. The molecule has 3 heterocycles. The number of hydrogen-bond acceptors (Lipinski definition) is 0. The van der Waals surface area contributed by atoms with E-state index >= 15 is 0 Å². The summed E-state index contributed by atoms with van der Waals surface area (Å²) < 4.78 is 0. The Hall–Kier alpha value is 0.434. The lowest BCUT2D eigenvalue weighted by atomic mass is 10.3. The van der Waals surface area contributed by atoms with Gasteiger partial charge in [-0.1, -0.05) is 87.9 Å². The summed E-state index contributed by atoms with van der Waals surface area (Å²) in [6.45, 7) is 5.43. The molecule has 0 aliphatic carbocycles. The first kappa shape index (κ1) is 12.9. The van der Waals surface area contributed by atoms with Gasteiger partial charge < -0.3 is 0 Å². The molecule has 3 saturated heterocycles. The van der Waals surface area contributed by atoms with Crippen LogP contribution >= 0.6 is 0 Å². The lowest BCUT2D eigenvalue weighted by Gasteiger charge is -2.35. The van der Waals surface area contributed by atoms with Crippen LogP contribution in [0.4, 0.5) is 0 Å². The second-order valence-corrected chi connectivity index (χ2v) is 17.5. The highest BCUT2D eigenvalue weighted by Gasteiger charge is 2.32. The van der Waals surface area contributed by atoms with Gasteiger partial charge in [0.25, 0.3) is 0 Å². The van der Waals surface area contributed by atoms with Crippen molar-refractivity contribution in [2.24, 2.45) is 0 Å². The van der Waals surface area contributed by atoms with E-state index in [2.05, 4.69) is 13.1 Å². The predicted octanol–water partition coefficient (Wildman–Crippen LogP) is 5.51. The SMILES string of the molecule is C[Si]12CCCC[Si](C)(CCCC1)CCCC2. The molecule has 0 unspecified atom stereocenters. The molecule has 0 nitrogen and oxygen atoms in total. The van der Waals surface area contributed by atoms with Crippen LogP contribution in [0.3, 0.4) is 0 Å². The lowest BCUT2D eigenvalue weighted by molar-refractivity contribution is 0.733. The third-order valence-corrected chi connectivity index (χ3v) is 14.8. The summed E-state index contributed by atoms with van der Waals surface area (Å²) in [6.07, 6.45) is 9.53. The fourth-order valence-electron chi connectivity index (χ4n) is 4.06. The molecule has 0 aromatic carbocycles. The molecule has 2 heteroatoms. The normalized spacial score (nSPS) is 42.4. The maximum atomic E-state index is 2.72. The molecule has 0 spiro atoms. The van der Waals surface area contributed by atoms with Crippen molar-refractivity contribution in [2.75, 3.05) is 0 Å². The molecule has 0 N–H and O–H groups in total. The molecule has 0 aromatic heterocycles. The van der Waals surface area contributed by atoms with E-state index in [0.717, 1.165) is 0 Å². The predicted molar refractivity (Wildman–Crippen MR) is 79.8 cm³/mol. The molecule has 3 aliphatic heterocycles. The standard InChI is InChI=1S/C14H30Si2/c1-15-9-3-6-12-16(2,13-7-4-10-15)14-8-5-11-15/h3-14H2,1-2H3. The minimum atomic E-state index is -0.779. The van der Waals surface area contributed by atoms with Crippen LogP contribution in [0, 0.1) is 0 Å². The molecule has 0 saturated carbocycles. The highest BCUT2D eigenvalue weighted by Crippen LogP contribution is 2.37. The second kappa shape index (κ2) is 5.39. The van der Waals surface area contributed by atoms with E-state index in [1.165, 1.54) is 0 Å². The van der Waals surface area contributed by atoms with E-state index in [4.69, 9.17) is 0 Å². The van der Waals surface area contributed by atoms with Crippen molar-refractivity contribution in [1.29, 1.82) is 0 Å². The first-order chi connectivity index (χ1) is 7.62. The zero-order chi connectivity index (χ0) is 11.5. The summed E-state index contributed by atoms with van der Waals surface area (Å²) in [5, 5.41) is 0. The van der Waals surface area contributed by atoms with Gasteiger partial charge in [0.05, 0.1) is 16.1 Å². The van der Waals surface area contributed by atoms with Gasteiger partial charge >= 0.3 is 0 Å². The van der Waals surface area contributed by atoms with E-state index in [1.54, 1.807) is 74.8 Å². The molecule has 3 fully saturated rings. The largest absolute Gasteiger partial charge is 0.0691 e. The van der Waals surface area contributed by atoms with Gasteiger partial charge in [0.2, 0.25) is 0 Å². The van der Waals surface area contributed by atoms with Gasteiger partial charge in [0, 0.05) is 0 Å². The lowest BCUT2D eigenvalue weighted by Crippen LogP contribution is -2.35. The average Bonchev–Trinajstić information content (AvgIpc) is 2.27. The Morgan fingerprint density at radius 2 is 0.625 bits per heavy atom. The fraction of sp³-hybridized carbons (Fsp3) is 1.00. The van der Waals surface area contributed by atoms with E-state index in [-0.39, 0.29) is 0 Å². The molecular formula is C14H30Si2. The van der Waals surface area contributed by atoms with Crippen LogP contribution in [0.15, 0.2) is 0 Å². The van der Waals surface area contributed by atoms with E-state index in [9.17, 15) is 0 Å². The topological polar surface area (TPSA) is 0 Å². The van der Waals surface area contributed by atoms with Gasteiger partial charge in [-0.3, -0.25) is 0 Å². The summed E-state index contributed by atoms with van der Waals surface area (Å²) in [5.41, 5.74) is 0. The van der Waals surface area contributed by atoms with E-state index in [1.807, 2.05) is 0 Å². The third-order valence-electron chi connectivity index (χ3n) is 5.43. The zero-order valence-electron chi connectivity index (χ0n) is 11.5. The second-order valence-electron chi connectivity index (χ2n) is 7.24. The number of hydrogen-bond donors (Lipinski definition) is 0. The molecule has 0 atom stereocenters. The van der Waals surface area contributed by atoms with Crippen LogP contribution in [-0.2, 0) is 0 Å². The number of fused-ring (bicyclic) bond motifs is 9. The Kier molecular flexibility index (Phi) is 4.34. The minimum absolute atomic E-state index is 0.779. The highest BCUT2D eigenvalue weighted by molar-refractivity contribution is 6.79. The van der Waals surface area contributed by atoms with E-state index in [0.29, 0.717) is 0 Å². The van der Waals surface area contributed by atoms with E-state index < -0.39 is 16.1 Å². The van der Waals surface area contributed by atoms with Crippen LogP contribution in [0.5, 0.6) is 0 Å². The molecular weight excluding hydrogens is 224 g/mol. The molecule has 16 heavy (non-hydrogen) atoms. The third kappa shape index (κ3) is 3.46. The van der Waals surface area contributed by atoms with Crippen LogP contribution in [0.1, 0.15) is 38.5 Å². The summed E-state index contributed by atoms with van der Waals surface area (Å²) in [7, 11) is -1.56. The maximum Gasteiger partial charge on any atom is 0.0504 e. The van der Waals surface area contributed by atoms with Crippen molar-refractivity contribution < 1.29 is 0 Å². The van der Waals surface area contributed by atoms with Gasteiger partial charge in [0.15, 0.2) is 0 Å². The van der Waals surface area contributed by atoms with Crippen LogP contribution < -0.4 is 0 Å². The van der Waals surface area contributed by atoms with Crippen LogP contribution in [-0.4, -0.2) is 16.1 Å². The Bertz CT molecular complexity index is 167. The first-order valence-electron chi connectivity index (χ1n) is 7.62. The molecule has 94 valence electrons. The van der Waals surface area contributed by atoms with Gasteiger partial charge in [-0.15, -0.1) is 0 Å². The summed E-state index contributed by atoms with van der Waals surface area (Å²) in [6, 6.07) is 9.98. The molecule has 0 radical (unpaired) electrons.